The molecule has 0 unspecified atom stereocenters. The molecule has 0 saturated heterocycles. The maximum Gasteiger partial charge on any atom is 0.341 e. The van der Waals surface area contributed by atoms with E-state index in [9.17, 15) is 4.79 Å². The van der Waals surface area contributed by atoms with E-state index in [-0.39, 0.29) is 5.56 Å². The Hall–Kier alpha value is -2.30. The van der Waals surface area contributed by atoms with E-state index < -0.39 is 5.97 Å². The molecule has 1 N–H and O–H groups in total. The van der Waals surface area contributed by atoms with Gasteiger partial charge in [0.25, 0.3) is 0 Å². The molecule has 0 bridgehead atoms. The number of allylic oxidation sites excluding steroid dienone is 1. The van der Waals surface area contributed by atoms with Gasteiger partial charge in [0.2, 0.25) is 0 Å². The molecule has 2 heterocycles. The molecule has 5 heteroatoms. The van der Waals surface area contributed by atoms with Gasteiger partial charge in [-0.3, -0.25) is 0 Å². The van der Waals surface area contributed by atoms with Gasteiger partial charge in [-0.15, -0.1) is 6.58 Å². The van der Waals surface area contributed by atoms with Gasteiger partial charge in [0, 0.05) is 12.4 Å². The lowest BCUT2D eigenvalue weighted by atomic mass is 10.3. The predicted octanol–water partition coefficient (Wildman–Crippen LogP) is 1.56. The van der Waals surface area contributed by atoms with Gasteiger partial charge in [0.05, 0.1) is 12.7 Å². The van der Waals surface area contributed by atoms with Gasteiger partial charge in [0.1, 0.15) is 11.4 Å². The van der Waals surface area contributed by atoms with Crippen LogP contribution in [0.4, 0.5) is 0 Å². The maximum atomic E-state index is 11.0. The standard InChI is InChI=1S/C11H11N3O2/c1-2-5-14-10(13-6-3-4-7-13)9(8-12-14)11(15)16/h2-4,6-8H,1,5H2,(H,15,16). The van der Waals surface area contributed by atoms with Crippen LogP contribution in [0.15, 0.2) is 43.4 Å². The van der Waals surface area contributed by atoms with Gasteiger partial charge in [-0.05, 0) is 12.1 Å². The van der Waals surface area contributed by atoms with Crippen molar-refractivity contribution in [3.63, 3.8) is 0 Å². The lowest BCUT2D eigenvalue weighted by Gasteiger charge is -2.07. The normalized spacial score (nSPS) is 10.2. The summed E-state index contributed by atoms with van der Waals surface area (Å²) in [5.41, 5.74) is 0.179. The van der Waals surface area contributed by atoms with Gasteiger partial charge < -0.3 is 9.67 Å². The highest BCUT2D eigenvalue weighted by Crippen LogP contribution is 2.14. The van der Waals surface area contributed by atoms with E-state index in [2.05, 4.69) is 11.7 Å². The third-order valence-corrected chi connectivity index (χ3v) is 2.19. The summed E-state index contributed by atoms with van der Waals surface area (Å²) >= 11 is 0. The summed E-state index contributed by atoms with van der Waals surface area (Å²) in [4.78, 5) is 11.0. The van der Waals surface area contributed by atoms with Crippen LogP contribution < -0.4 is 0 Å². The maximum absolute atomic E-state index is 11.0. The fraction of sp³-hybridized carbons (Fsp3) is 0.0909. The molecule has 0 saturated carbocycles. The summed E-state index contributed by atoms with van der Waals surface area (Å²) in [7, 11) is 0. The molecule has 5 nitrogen and oxygen atoms in total. The van der Waals surface area contributed by atoms with E-state index in [1.165, 1.54) is 6.20 Å². The minimum atomic E-state index is -0.987. The Morgan fingerprint density at radius 3 is 2.75 bits per heavy atom. The monoisotopic (exact) mass is 217 g/mol. The second kappa shape index (κ2) is 4.06. The van der Waals surface area contributed by atoms with Crippen molar-refractivity contribution >= 4 is 5.97 Å². The number of nitrogens with zero attached hydrogens (tertiary/aromatic N) is 3. The third-order valence-electron chi connectivity index (χ3n) is 2.19. The molecule has 0 aliphatic heterocycles. The molecule has 2 aromatic rings. The first-order valence-corrected chi connectivity index (χ1v) is 4.77. The van der Waals surface area contributed by atoms with Gasteiger partial charge >= 0.3 is 5.97 Å². The number of rotatable bonds is 4. The first-order chi connectivity index (χ1) is 7.74. The summed E-state index contributed by atoms with van der Waals surface area (Å²) in [6, 6.07) is 3.66. The van der Waals surface area contributed by atoms with Gasteiger partial charge in [0.15, 0.2) is 0 Å². The Kier molecular flexibility index (Phi) is 2.59. The number of hydrogen-bond acceptors (Lipinski definition) is 2. The first kappa shape index (κ1) is 10.2. The highest BCUT2D eigenvalue weighted by Gasteiger charge is 2.16. The van der Waals surface area contributed by atoms with E-state index in [4.69, 9.17) is 5.11 Å². The molecule has 2 rings (SSSR count). The van der Waals surface area contributed by atoms with Crippen LogP contribution in [0.5, 0.6) is 0 Å². The van der Waals surface area contributed by atoms with E-state index in [0.717, 1.165) is 0 Å². The highest BCUT2D eigenvalue weighted by molar-refractivity contribution is 5.91. The number of hydrogen-bond donors (Lipinski definition) is 1. The second-order valence-electron chi connectivity index (χ2n) is 3.25. The van der Waals surface area contributed by atoms with Crippen molar-refractivity contribution in [1.29, 1.82) is 0 Å². The van der Waals surface area contributed by atoms with Crippen molar-refractivity contribution in [3.8, 4) is 5.82 Å². The topological polar surface area (TPSA) is 60.1 Å². The SMILES string of the molecule is C=CCn1ncc(C(=O)O)c1-n1cccc1. The largest absolute Gasteiger partial charge is 0.477 e. The zero-order chi connectivity index (χ0) is 11.5. The molecule has 0 atom stereocenters. The third kappa shape index (κ3) is 1.63. The number of carboxylic acid groups (broad SMARTS) is 1. The summed E-state index contributed by atoms with van der Waals surface area (Å²) in [5.74, 6) is -0.448. The lowest BCUT2D eigenvalue weighted by Crippen LogP contribution is -2.09. The fourth-order valence-electron chi connectivity index (χ4n) is 1.53. The zero-order valence-corrected chi connectivity index (χ0v) is 8.58. The number of aromatic carboxylic acids is 1. The van der Waals surface area contributed by atoms with Crippen molar-refractivity contribution < 1.29 is 9.90 Å². The summed E-state index contributed by atoms with van der Waals surface area (Å²) in [6.45, 7) is 4.09. The Morgan fingerprint density at radius 2 is 2.19 bits per heavy atom. The van der Waals surface area contributed by atoms with E-state index in [1.54, 1.807) is 27.7 Å². The van der Waals surface area contributed by atoms with Crippen molar-refractivity contribution in [2.75, 3.05) is 0 Å². The highest BCUT2D eigenvalue weighted by atomic mass is 16.4. The molecule has 0 aliphatic carbocycles. The molecule has 2 aromatic heterocycles. The van der Waals surface area contributed by atoms with Crippen LogP contribution in [0.3, 0.4) is 0 Å². The number of carboxylic acids is 1. The smallest absolute Gasteiger partial charge is 0.341 e. The van der Waals surface area contributed by atoms with Crippen molar-refractivity contribution in [2.24, 2.45) is 0 Å². The minimum absolute atomic E-state index is 0.179. The molecule has 16 heavy (non-hydrogen) atoms. The van der Waals surface area contributed by atoms with Gasteiger partial charge in [-0.25, -0.2) is 9.48 Å². The first-order valence-electron chi connectivity index (χ1n) is 4.77. The molecule has 82 valence electrons. The minimum Gasteiger partial charge on any atom is -0.477 e. The Balaban J connectivity index is 2.58. The molecule has 0 amide bonds. The van der Waals surface area contributed by atoms with E-state index >= 15 is 0 Å². The lowest BCUT2D eigenvalue weighted by molar-refractivity contribution is 0.0697. The molecule has 0 spiro atoms. The fourth-order valence-corrected chi connectivity index (χ4v) is 1.53. The second-order valence-corrected chi connectivity index (χ2v) is 3.25. The summed E-state index contributed by atoms with van der Waals surface area (Å²) < 4.78 is 3.32. The van der Waals surface area contributed by atoms with Crippen molar-refractivity contribution in [2.45, 2.75) is 6.54 Å². The summed E-state index contributed by atoms with van der Waals surface area (Å²) in [5, 5.41) is 13.1. The average Bonchev–Trinajstić information content (AvgIpc) is 2.84. The van der Waals surface area contributed by atoms with Gasteiger partial charge in [-0.2, -0.15) is 5.10 Å². The van der Waals surface area contributed by atoms with Crippen molar-refractivity contribution in [3.05, 3.63) is 48.9 Å². The molecule has 0 radical (unpaired) electrons. The van der Waals surface area contributed by atoms with Crippen LogP contribution in [0.25, 0.3) is 5.82 Å². The number of carbonyl (C=O) groups is 1. The molecule has 0 aromatic carbocycles. The molecule has 0 fully saturated rings. The van der Waals surface area contributed by atoms with Crippen LogP contribution >= 0.6 is 0 Å². The van der Waals surface area contributed by atoms with E-state index in [1.807, 2.05) is 12.1 Å². The number of aromatic nitrogens is 3. The molecule has 0 aliphatic rings. The van der Waals surface area contributed by atoms with Gasteiger partial charge in [-0.1, -0.05) is 6.08 Å². The van der Waals surface area contributed by atoms with Crippen LogP contribution in [-0.4, -0.2) is 25.4 Å². The summed E-state index contributed by atoms with van der Waals surface area (Å²) in [6.07, 6.45) is 6.58. The Bertz CT molecular complexity index is 511. The van der Waals surface area contributed by atoms with E-state index in [0.29, 0.717) is 12.4 Å². The Labute approximate surface area is 92.2 Å². The van der Waals surface area contributed by atoms with Crippen molar-refractivity contribution in [1.82, 2.24) is 14.3 Å². The average molecular weight is 217 g/mol. The zero-order valence-electron chi connectivity index (χ0n) is 8.58. The molecular formula is C11H11N3O2. The van der Waals surface area contributed by atoms with Crippen LogP contribution in [0, 0.1) is 0 Å². The predicted molar refractivity (Wildman–Crippen MR) is 58.7 cm³/mol. The molecular weight excluding hydrogens is 206 g/mol. The van der Waals surface area contributed by atoms with Crippen LogP contribution in [0.2, 0.25) is 0 Å². The van der Waals surface area contributed by atoms with Crippen LogP contribution in [-0.2, 0) is 6.54 Å². The van der Waals surface area contributed by atoms with Crippen LogP contribution in [0.1, 0.15) is 10.4 Å². The quantitative estimate of drug-likeness (QED) is 0.790. The Morgan fingerprint density at radius 1 is 1.50 bits per heavy atom.